The van der Waals surface area contributed by atoms with Crippen molar-refractivity contribution in [1.82, 2.24) is 0 Å². The van der Waals surface area contributed by atoms with Crippen molar-refractivity contribution in [3.63, 3.8) is 0 Å². The summed E-state index contributed by atoms with van der Waals surface area (Å²) < 4.78 is 5.16. The lowest BCUT2D eigenvalue weighted by molar-refractivity contribution is 0.289. The summed E-state index contributed by atoms with van der Waals surface area (Å²) in [6.07, 6.45) is 20.9. The summed E-state index contributed by atoms with van der Waals surface area (Å²) >= 11 is 0. The van der Waals surface area contributed by atoms with Gasteiger partial charge in [-0.2, -0.15) is 0 Å². The van der Waals surface area contributed by atoms with Gasteiger partial charge in [-0.3, -0.25) is 0 Å². The minimum Gasteiger partial charge on any atom is -0.497 e. The van der Waals surface area contributed by atoms with Crippen LogP contribution in [0.4, 0.5) is 0 Å². The number of benzene rings is 1. The Balaban J connectivity index is 1.65. The van der Waals surface area contributed by atoms with Gasteiger partial charge >= 0.3 is 0 Å². The molecule has 0 aromatic heterocycles. The molecule has 0 spiro atoms. The highest BCUT2D eigenvalue weighted by Crippen LogP contribution is 2.32. The summed E-state index contributed by atoms with van der Waals surface area (Å²) in [5.41, 5.74) is 1.14. The second kappa shape index (κ2) is 12.4. The molecule has 0 N–H and O–H groups in total. The second-order valence-electron chi connectivity index (χ2n) is 7.38. The Morgan fingerprint density at radius 1 is 0.962 bits per heavy atom. The molecular weight excluding hydrogens is 316 g/mol. The van der Waals surface area contributed by atoms with Crippen LogP contribution in [-0.4, -0.2) is 7.11 Å². The Labute approximate surface area is 160 Å². The first-order valence-corrected chi connectivity index (χ1v) is 10.3. The van der Waals surface area contributed by atoms with E-state index in [2.05, 4.69) is 24.8 Å². The molecule has 1 heteroatoms. The third kappa shape index (κ3) is 7.96. The molecule has 0 unspecified atom stereocenters. The molecule has 26 heavy (non-hydrogen) atoms. The molecule has 0 radical (unpaired) electrons. The molecular formula is C25H34O. The van der Waals surface area contributed by atoms with E-state index in [1.807, 2.05) is 42.5 Å². The van der Waals surface area contributed by atoms with Gasteiger partial charge in [-0.05, 0) is 73.4 Å². The normalized spacial score (nSPS) is 20.2. The van der Waals surface area contributed by atoms with Gasteiger partial charge in [0.25, 0.3) is 0 Å². The highest BCUT2D eigenvalue weighted by atomic mass is 16.5. The van der Waals surface area contributed by atoms with E-state index < -0.39 is 0 Å². The fraction of sp³-hybridized carbons (Fsp3) is 0.520. The first kappa shape index (κ1) is 20.4. The molecule has 0 saturated heterocycles. The van der Waals surface area contributed by atoms with E-state index in [9.17, 15) is 0 Å². The van der Waals surface area contributed by atoms with Gasteiger partial charge in [0, 0.05) is 0 Å². The van der Waals surface area contributed by atoms with Gasteiger partial charge in [-0.25, -0.2) is 0 Å². The van der Waals surface area contributed by atoms with Crippen molar-refractivity contribution in [2.45, 2.75) is 64.7 Å². The van der Waals surface area contributed by atoms with Crippen LogP contribution in [0.2, 0.25) is 0 Å². The largest absolute Gasteiger partial charge is 0.497 e. The van der Waals surface area contributed by atoms with Crippen molar-refractivity contribution in [3.8, 4) is 17.6 Å². The standard InChI is InChI=1S/C25H34O/c1-3-4-5-8-11-22-14-16-23(17-15-22)12-9-6-7-10-13-24-18-20-25(26-2)21-19-24/h9-10,12-13,18-23H,3-5,8,11,14-17H2,1-2H3/b12-9+,13-10+/t22-,23-. The van der Waals surface area contributed by atoms with E-state index in [0.29, 0.717) is 0 Å². The molecule has 0 bridgehead atoms. The van der Waals surface area contributed by atoms with Crippen LogP contribution in [0.3, 0.4) is 0 Å². The van der Waals surface area contributed by atoms with Crippen LogP contribution in [0.1, 0.15) is 70.3 Å². The zero-order valence-electron chi connectivity index (χ0n) is 16.5. The third-order valence-corrected chi connectivity index (χ3v) is 5.37. The number of hydrogen-bond acceptors (Lipinski definition) is 1. The molecule has 2 rings (SSSR count). The van der Waals surface area contributed by atoms with Crippen molar-refractivity contribution < 1.29 is 4.74 Å². The van der Waals surface area contributed by atoms with E-state index in [1.54, 1.807) is 7.11 Å². The molecule has 0 heterocycles. The molecule has 1 fully saturated rings. The quantitative estimate of drug-likeness (QED) is 0.361. The van der Waals surface area contributed by atoms with Gasteiger partial charge in [0.1, 0.15) is 5.75 Å². The van der Waals surface area contributed by atoms with E-state index in [-0.39, 0.29) is 0 Å². The molecule has 0 amide bonds. The number of unbranched alkanes of at least 4 members (excludes halogenated alkanes) is 3. The van der Waals surface area contributed by atoms with E-state index in [1.165, 1.54) is 57.8 Å². The summed E-state index contributed by atoms with van der Waals surface area (Å²) in [6.45, 7) is 2.29. The summed E-state index contributed by atoms with van der Waals surface area (Å²) in [5.74, 6) is 8.85. The Morgan fingerprint density at radius 2 is 1.69 bits per heavy atom. The van der Waals surface area contributed by atoms with Crippen molar-refractivity contribution in [2.24, 2.45) is 11.8 Å². The Hall–Kier alpha value is -1.94. The van der Waals surface area contributed by atoms with Crippen LogP contribution >= 0.6 is 0 Å². The lowest BCUT2D eigenvalue weighted by Gasteiger charge is -2.26. The van der Waals surface area contributed by atoms with Crippen LogP contribution in [0.5, 0.6) is 5.75 Å². The lowest BCUT2D eigenvalue weighted by Crippen LogP contribution is -2.12. The fourth-order valence-electron chi connectivity index (χ4n) is 3.66. The van der Waals surface area contributed by atoms with Crippen molar-refractivity contribution in [3.05, 3.63) is 48.1 Å². The Morgan fingerprint density at radius 3 is 2.38 bits per heavy atom. The van der Waals surface area contributed by atoms with Crippen LogP contribution in [0, 0.1) is 23.7 Å². The van der Waals surface area contributed by atoms with Crippen molar-refractivity contribution in [2.75, 3.05) is 7.11 Å². The SMILES string of the molecule is CCCCCC[C@H]1CC[C@H](/C=C/C#C/C=C/c2ccc(OC)cc2)CC1. The zero-order valence-corrected chi connectivity index (χ0v) is 16.5. The van der Waals surface area contributed by atoms with Gasteiger partial charge in [-0.1, -0.05) is 69.1 Å². The highest BCUT2D eigenvalue weighted by Gasteiger charge is 2.18. The fourth-order valence-corrected chi connectivity index (χ4v) is 3.66. The number of methoxy groups -OCH3 is 1. The van der Waals surface area contributed by atoms with Crippen molar-refractivity contribution in [1.29, 1.82) is 0 Å². The molecule has 0 aliphatic heterocycles. The maximum absolute atomic E-state index is 5.16. The molecule has 1 saturated carbocycles. The minimum absolute atomic E-state index is 0.738. The van der Waals surface area contributed by atoms with E-state index in [0.717, 1.165) is 23.1 Å². The Kier molecular flexibility index (Phi) is 9.73. The summed E-state index contributed by atoms with van der Waals surface area (Å²) in [4.78, 5) is 0. The van der Waals surface area contributed by atoms with Gasteiger partial charge in [0.15, 0.2) is 0 Å². The van der Waals surface area contributed by atoms with Crippen LogP contribution in [-0.2, 0) is 0 Å². The van der Waals surface area contributed by atoms with Crippen molar-refractivity contribution >= 4 is 6.08 Å². The number of allylic oxidation sites excluding steroid dienone is 3. The monoisotopic (exact) mass is 350 g/mol. The van der Waals surface area contributed by atoms with Gasteiger partial charge in [-0.15, -0.1) is 0 Å². The molecule has 1 aromatic rings. The average Bonchev–Trinajstić information content (AvgIpc) is 2.69. The summed E-state index contributed by atoms with van der Waals surface area (Å²) in [6, 6.07) is 8.00. The number of hydrogen-bond donors (Lipinski definition) is 0. The van der Waals surface area contributed by atoms with Crippen LogP contribution in [0.25, 0.3) is 6.08 Å². The summed E-state index contributed by atoms with van der Waals surface area (Å²) in [7, 11) is 1.68. The smallest absolute Gasteiger partial charge is 0.118 e. The first-order valence-electron chi connectivity index (χ1n) is 10.3. The Bertz CT molecular complexity index is 604. The lowest BCUT2D eigenvalue weighted by atomic mass is 9.79. The van der Waals surface area contributed by atoms with Gasteiger partial charge < -0.3 is 4.74 Å². The van der Waals surface area contributed by atoms with E-state index in [4.69, 9.17) is 4.74 Å². The zero-order chi connectivity index (χ0) is 18.5. The number of rotatable bonds is 8. The maximum atomic E-state index is 5.16. The molecule has 1 aliphatic carbocycles. The molecule has 0 atom stereocenters. The van der Waals surface area contributed by atoms with E-state index >= 15 is 0 Å². The summed E-state index contributed by atoms with van der Waals surface area (Å²) in [5, 5.41) is 0. The number of ether oxygens (including phenoxy) is 1. The maximum Gasteiger partial charge on any atom is 0.118 e. The van der Waals surface area contributed by atoms with Crippen LogP contribution in [0.15, 0.2) is 42.5 Å². The first-order chi connectivity index (χ1) is 12.8. The predicted octanol–water partition coefficient (Wildman–Crippen LogP) is 7.04. The molecule has 1 aromatic carbocycles. The molecule has 1 aliphatic rings. The topological polar surface area (TPSA) is 9.23 Å². The second-order valence-corrected chi connectivity index (χ2v) is 7.38. The van der Waals surface area contributed by atoms with Gasteiger partial charge in [0.05, 0.1) is 7.11 Å². The third-order valence-electron chi connectivity index (χ3n) is 5.37. The highest BCUT2D eigenvalue weighted by molar-refractivity contribution is 5.54. The molecule has 140 valence electrons. The molecule has 1 nitrogen and oxygen atoms in total. The average molecular weight is 351 g/mol. The van der Waals surface area contributed by atoms with Crippen LogP contribution < -0.4 is 4.74 Å². The van der Waals surface area contributed by atoms with Gasteiger partial charge in [0.2, 0.25) is 0 Å². The predicted molar refractivity (Wildman–Crippen MR) is 113 cm³/mol. The minimum atomic E-state index is 0.738.